The number of piperazine rings is 1. The van der Waals surface area contributed by atoms with Crippen molar-refractivity contribution in [3.05, 3.63) is 70.0 Å². The van der Waals surface area contributed by atoms with Crippen molar-refractivity contribution in [1.82, 2.24) is 20.5 Å². The average molecular weight is 383 g/mol. The molecule has 1 unspecified atom stereocenters. The first-order valence-corrected chi connectivity index (χ1v) is 8.99. The first kappa shape index (κ1) is 19.4. The molecule has 9 nitrogen and oxygen atoms in total. The molecule has 0 bridgehead atoms. The van der Waals surface area contributed by atoms with Gasteiger partial charge in [-0.2, -0.15) is 0 Å². The minimum Gasteiger partial charge on any atom is -0.352 e. The van der Waals surface area contributed by atoms with Gasteiger partial charge in [0.1, 0.15) is 0 Å². The third-order valence-corrected chi connectivity index (χ3v) is 4.60. The smallest absolute Gasteiger partial charge is 0.269 e. The number of nitro benzene ring substituents is 1. The summed E-state index contributed by atoms with van der Waals surface area (Å²) in [7, 11) is 0. The highest BCUT2D eigenvalue weighted by molar-refractivity contribution is 5.94. The van der Waals surface area contributed by atoms with Crippen LogP contribution in [-0.2, 0) is 4.79 Å². The molecule has 2 heterocycles. The van der Waals surface area contributed by atoms with Crippen LogP contribution in [0.15, 0.2) is 48.8 Å². The third kappa shape index (κ3) is 4.68. The highest BCUT2D eigenvalue weighted by atomic mass is 16.6. The molecule has 28 heavy (non-hydrogen) atoms. The maximum Gasteiger partial charge on any atom is 0.269 e. The van der Waals surface area contributed by atoms with E-state index in [1.54, 1.807) is 12.4 Å². The van der Waals surface area contributed by atoms with Gasteiger partial charge in [-0.05, 0) is 23.8 Å². The maximum atomic E-state index is 12.7. The second-order valence-corrected chi connectivity index (χ2v) is 6.40. The van der Waals surface area contributed by atoms with E-state index >= 15 is 0 Å². The van der Waals surface area contributed by atoms with Gasteiger partial charge >= 0.3 is 0 Å². The Morgan fingerprint density at radius 2 is 2.07 bits per heavy atom. The largest absolute Gasteiger partial charge is 0.352 e. The molecule has 2 amide bonds. The van der Waals surface area contributed by atoms with Gasteiger partial charge in [-0.3, -0.25) is 24.7 Å². The van der Waals surface area contributed by atoms with Crippen molar-refractivity contribution in [2.45, 2.75) is 12.5 Å². The van der Waals surface area contributed by atoms with E-state index in [2.05, 4.69) is 15.6 Å². The fourth-order valence-electron chi connectivity index (χ4n) is 3.14. The zero-order chi connectivity index (χ0) is 19.9. The summed E-state index contributed by atoms with van der Waals surface area (Å²) in [4.78, 5) is 40.9. The van der Waals surface area contributed by atoms with Gasteiger partial charge in [-0.1, -0.05) is 6.07 Å². The number of hydrogen-bond donors (Lipinski definition) is 2. The summed E-state index contributed by atoms with van der Waals surface area (Å²) in [6.07, 6.45) is 3.63. The summed E-state index contributed by atoms with van der Waals surface area (Å²) in [6.45, 7) is 2.16. The van der Waals surface area contributed by atoms with Crippen LogP contribution in [0, 0.1) is 10.1 Å². The van der Waals surface area contributed by atoms with Crippen molar-refractivity contribution in [3.63, 3.8) is 0 Å². The van der Waals surface area contributed by atoms with E-state index in [4.69, 9.17) is 0 Å². The van der Waals surface area contributed by atoms with Crippen LogP contribution >= 0.6 is 0 Å². The molecule has 1 fully saturated rings. The number of rotatable bonds is 6. The molecule has 9 heteroatoms. The summed E-state index contributed by atoms with van der Waals surface area (Å²) in [6, 6.07) is 9.05. The Bertz CT molecular complexity index is 841. The van der Waals surface area contributed by atoms with Crippen molar-refractivity contribution in [2.24, 2.45) is 0 Å². The maximum absolute atomic E-state index is 12.7. The van der Waals surface area contributed by atoms with Gasteiger partial charge < -0.3 is 15.5 Å². The third-order valence-electron chi connectivity index (χ3n) is 4.60. The summed E-state index contributed by atoms with van der Waals surface area (Å²) < 4.78 is 0. The van der Waals surface area contributed by atoms with Crippen molar-refractivity contribution in [2.75, 3.05) is 26.2 Å². The number of nitrogens with one attached hydrogen (secondary N) is 2. The number of amides is 2. The number of non-ortho nitro benzene ring substituents is 1. The molecule has 1 aliphatic heterocycles. The quantitative estimate of drug-likeness (QED) is 0.573. The predicted octanol–water partition coefficient (Wildman–Crippen LogP) is 1.28. The molecule has 0 radical (unpaired) electrons. The van der Waals surface area contributed by atoms with Crippen LogP contribution in [0.5, 0.6) is 0 Å². The molecule has 0 saturated carbocycles. The Labute approximate surface area is 161 Å². The van der Waals surface area contributed by atoms with Gasteiger partial charge in [0, 0.05) is 62.7 Å². The summed E-state index contributed by atoms with van der Waals surface area (Å²) in [5.41, 5.74) is 1.21. The lowest BCUT2D eigenvalue weighted by molar-refractivity contribution is -0.384. The Morgan fingerprint density at radius 1 is 1.29 bits per heavy atom. The van der Waals surface area contributed by atoms with E-state index in [1.165, 1.54) is 24.3 Å². The van der Waals surface area contributed by atoms with Crippen LogP contribution in [0.1, 0.15) is 28.4 Å². The van der Waals surface area contributed by atoms with Gasteiger partial charge in [0.25, 0.3) is 11.6 Å². The van der Waals surface area contributed by atoms with E-state index < -0.39 is 4.92 Å². The van der Waals surface area contributed by atoms with Crippen LogP contribution in [0.2, 0.25) is 0 Å². The monoisotopic (exact) mass is 383 g/mol. The van der Waals surface area contributed by atoms with Gasteiger partial charge in [0.05, 0.1) is 11.0 Å². The number of hydrogen-bond acceptors (Lipinski definition) is 6. The molecule has 2 aromatic rings. The fourth-order valence-corrected chi connectivity index (χ4v) is 3.14. The standard InChI is InChI=1S/C19H21N5O4/c25-18(23-11-10-21-13-17(23)15-2-1-8-20-12-15)7-9-22-19(26)14-3-5-16(6-4-14)24(27)28/h1-6,8,12,17,21H,7,9-11,13H2,(H,22,26). The van der Waals surface area contributed by atoms with Crippen LogP contribution in [0.3, 0.4) is 0 Å². The Morgan fingerprint density at radius 3 is 2.75 bits per heavy atom. The first-order valence-electron chi connectivity index (χ1n) is 8.99. The molecule has 2 N–H and O–H groups in total. The van der Waals surface area contributed by atoms with E-state index in [0.717, 1.165) is 12.1 Å². The zero-order valence-corrected chi connectivity index (χ0v) is 15.2. The van der Waals surface area contributed by atoms with Crippen molar-refractivity contribution >= 4 is 17.5 Å². The lowest BCUT2D eigenvalue weighted by atomic mass is 10.0. The van der Waals surface area contributed by atoms with Crippen LogP contribution in [-0.4, -0.2) is 52.8 Å². The molecule has 1 aromatic heterocycles. The van der Waals surface area contributed by atoms with E-state index in [1.807, 2.05) is 17.0 Å². The van der Waals surface area contributed by atoms with E-state index in [9.17, 15) is 19.7 Å². The van der Waals surface area contributed by atoms with Crippen LogP contribution < -0.4 is 10.6 Å². The molecule has 146 valence electrons. The Kier molecular flexibility index (Phi) is 6.28. The summed E-state index contributed by atoms with van der Waals surface area (Å²) >= 11 is 0. The van der Waals surface area contributed by atoms with E-state index in [0.29, 0.717) is 18.7 Å². The van der Waals surface area contributed by atoms with Gasteiger partial charge in [-0.25, -0.2) is 0 Å². The average Bonchev–Trinajstić information content (AvgIpc) is 2.74. The minimum atomic E-state index is -0.521. The number of nitrogens with zero attached hydrogens (tertiary/aromatic N) is 3. The molecule has 1 aliphatic rings. The molecule has 1 atom stereocenters. The fraction of sp³-hybridized carbons (Fsp3) is 0.316. The Balaban J connectivity index is 1.54. The topological polar surface area (TPSA) is 117 Å². The molecule has 0 aliphatic carbocycles. The second kappa shape index (κ2) is 9.05. The Hall–Kier alpha value is -3.33. The molecular weight excluding hydrogens is 362 g/mol. The molecule has 0 spiro atoms. The molecule has 1 saturated heterocycles. The van der Waals surface area contributed by atoms with Crippen molar-refractivity contribution in [1.29, 1.82) is 0 Å². The number of benzene rings is 1. The molecule has 1 aromatic carbocycles. The highest BCUT2D eigenvalue weighted by Gasteiger charge is 2.27. The van der Waals surface area contributed by atoms with E-state index in [-0.39, 0.29) is 36.5 Å². The number of pyridine rings is 1. The zero-order valence-electron chi connectivity index (χ0n) is 15.2. The number of aromatic nitrogens is 1. The normalized spacial score (nSPS) is 16.4. The summed E-state index contributed by atoms with van der Waals surface area (Å²) in [5.74, 6) is -0.411. The van der Waals surface area contributed by atoms with Crippen LogP contribution in [0.25, 0.3) is 0 Å². The van der Waals surface area contributed by atoms with Crippen LogP contribution in [0.4, 0.5) is 5.69 Å². The molecule has 3 rings (SSSR count). The highest BCUT2D eigenvalue weighted by Crippen LogP contribution is 2.22. The SMILES string of the molecule is O=C(NCCC(=O)N1CCNCC1c1cccnc1)c1ccc([N+](=O)[O-])cc1. The minimum absolute atomic E-state index is 0.0423. The van der Waals surface area contributed by atoms with Crippen molar-refractivity contribution < 1.29 is 14.5 Å². The van der Waals surface area contributed by atoms with Crippen molar-refractivity contribution in [3.8, 4) is 0 Å². The number of carbonyl (C=O) groups excluding carboxylic acids is 2. The predicted molar refractivity (Wildman–Crippen MR) is 102 cm³/mol. The van der Waals surface area contributed by atoms with Gasteiger partial charge in [0.2, 0.25) is 5.91 Å². The summed E-state index contributed by atoms with van der Waals surface area (Å²) in [5, 5.41) is 16.6. The second-order valence-electron chi connectivity index (χ2n) is 6.40. The first-order chi connectivity index (χ1) is 13.6. The lowest BCUT2D eigenvalue weighted by Gasteiger charge is -2.36. The number of carbonyl (C=O) groups is 2. The number of nitro groups is 1. The molecular formula is C19H21N5O4. The lowest BCUT2D eigenvalue weighted by Crippen LogP contribution is -2.49. The van der Waals surface area contributed by atoms with Gasteiger partial charge in [-0.15, -0.1) is 0 Å². The van der Waals surface area contributed by atoms with Gasteiger partial charge in [0.15, 0.2) is 0 Å².